The second kappa shape index (κ2) is 7.33. The predicted octanol–water partition coefficient (Wildman–Crippen LogP) is 4.66. The normalized spacial score (nSPS) is 10.9. The van der Waals surface area contributed by atoms with Gasteiger partial charge in [-0.05, 0) is 51.0 Å². The molecule has 0 fully saturated rings. The summed E-state index contributed by atoms with van der Waals surface area (Å²) in [6, 6.07) is 9.61. The van der Waals surface area contributed by atoms with Crippen molar-refractivity contribution >= 4 is 33.5 Å². The van der Waals surface area contributed by atoms with E-state index >= 15 is 0 Å². The van der Waals surface area contributed by atoms with Gasteiger partial charge in [-0.15, -0.1) is 11.3 Å². The molecule has 0 aliphatic rings. The van der Waals surface area contributed by atoms with Gasteiger partial charge in [-0.1, -0.05) is 18.2 Å². The van der Waals surface area contributed by atoms with Crippen molar-refractivity contribution in [3.05, 3.63) is 52.0 Å². The fourth-order valence-electron chi connectivity index (χ4n) is 3.14. The molecule has 0 radical (unpaired) electrons. The van der Waals surface area contributed by atoms with Crippen LogP contribution in [0.1, 0.15) is 45.1 Å². The largest absolute Gasteiger partial charge is 0.462 e. The Morgan fingerprint density at radius 3 is 2.19 bits per heavy atom. The summed E-state index contributed by atoms with van der Waals surface area (Å²) in [6.45, 7) is 7.99. The van der Waals surface area contributed by atoms with Gasteiger partial charge in [-0.25, -0.2) is 9.59 Å². The van der Waals surface area contributed by atoms with Crippen molar-refractivity contribution in [2.45, 2.75) is 27.7 Å². The molecule has 6 heteroatoms. The van der Waals surface area contributed by atoms with Gasteiger partial charge >= 0.3 is 11.9 Å². The number of rotatable bonds is 5. The third kappa shape index (κ3) is 2.90. The van der Waals surface area contributed by atoms with Crippen LogP contribution in [0.25, 0.3) is 15.9 Å². The second-order valence-corrected chi connectivity index (χ2v) is 6.82. The quantitative estimate of drug-likeness (QED) is 0.612. The highest BCUT2D eigenvalue weighted by Crippen LogP contribution is 2.39. The highest BCUT2D eigenvalue weighted by Gasteiger charge is 2.28. The van der Waals surface area contributed by atoms with Gasteiger partial charge in [0.15, 0.2) is 0 Å². The van der Waals surface area contributed by atoms with E-state index in [2.05, 4.69) is 0 Å². The van der Waals surface area contributed by atoms with Crippen molar-refractivity contribution in [2.75, 3.05) is 13.2 Å². The number of carbonyl (C=O) groups excluding carboxylic acids is 2. The molecule has 136 valence electrons. The van der Waals surface area contributed by atoms with E-state index in [9.17, 15) is 9.59 Å². The lowest BCUT2D eigenvalue weighted by Crippen LogP contribution is -2.12. The maximum absolute atomic E-state index is 12.6. The topological polar surface area (TPSA) is 57.5 Å². The molecular weight excluding hydrogens is 350 g/mol. The third-order valence-electron chi connectivity index (χ3n) is 4.23. The predicted molar refractivity (Wildman–Crippen MR) is 103 cm³/mol. The fraction of sp³-hybridized carbons (Fsp3) is 0.300. The smallest absolute Gasteiger partial charge is 0.355 e. The van der Waals surface area contributed by atoms with E-state index in [0.29, 0.717) is 23.8 Å². The van der Waals surface area contributed by atoms with Crippen molar-refractivity contribution < 1.29 is 19.1 Å². The highest BCUT2D eigenvalue weighted by molar-refractivity contribution is 7.20. The zero-order chi connectivity index (χ0) is 18.8. The van der Waals surface area contributed by atoms with Crippen LogP contribution in [0, 0.1) is 13.8 Å². The number of fused-ring (bicyclic) bond motifs is 1. The van der Waals surface area contributed by atoms with Crippen LogP contribution in [0.4, 0.5) is 0 Å². The molecule has 0 spiro atoms. The van der Waals surface area contributed by atoms with Crippen LogP contribution < -0.4 is 0 Å². The van der Waals surface area contributed by atoms with E-state index in [0.717, 1.165) is 27.0 Å². The van der Waals surface area contributed by atoms with Crippen LogP contribution in [0.2, 0.25) is 0 Å². The van der Waals surface area contributed by atoms with E-state index in [1.807, 2.05) is 48.7 Å². The zero-order valence-electron chi connectivity index (χ0n) is 15.3. The Balaban J connectivity index is 2.32. The molecule has 3 rings (SSSR count). The first kappa shape index (κ1) is 18.2. The number of benzene rings is 1. The molecule has 0 bridgehead atoms. The Labute approximate surface area is 156 Å². The van der Waals surface area contributed by atoms with E-state index in [4.69, 9.17) is 9.47 Å². The number of thiophene rings is 1. The number of hydrogen-bond acceptors (Lipinski definition) is 5. The lowest BCUT2D eigenvalue weighted by atomic mass is 10.1. The number of para-hydroxylation sites is 1. The molecule has 0 amide bonds. The highest BCUT2D eigenvalue weighted by atomic mass is 32.1. The maximum Gasteiger partial charge on any atom is 0.355 e. The van der Waals surface area contributed by atoms with E-state index in [1.165, 1.54) is 11.3 Å². The first-order valence-electron chi connectivity index (χ1n) is 8.55. The molecule has 3 aromatic rings. The summed E-state index contributed by atoms with van der Waals surface area (Å²) in [6.07, 6.45) is 0. The Morgan fingerprint density at radius 1 is 0.962 bits per heavy atom. The molecule has 5 nitrogen and oxygen atoms in total. The first-order chi connectivity index (χ1) is 12.5. The fourth-order valence-corrected chi connectivity index (χ4v) is 4.43. The van der Waals surface area contributed by atoms with Gasteiger partial charge in [0, 0.05) is 11.1 Å². The molecule has 0 saturated heterocycles. The standard InChI is InChI=1S/C20H21NO4S/c1-5-24-19(22)16-12(3)15-13(4)17(20(23)25-6-2)26-18(15)21(16)14-10-8-7-9-11-14/h7-11H,5-6H2,1-4H3. The lowest BCUT2D eigenvalue weighted by molar-refractivity contribution is 0.0512. The molecule has 2 aromatic heterocycles. The second-order valence-electron chi connectivity index (χ2n) is 5.82. The lowest BCUT2D eigenvalue weighted by Gasteiger charge is -2.10. The van der Waals surface area contributed by atoms with Gasteiger partial charge in [0.1, 0.15) is 15.4 Å². The minimum absolute atomic E-state index is 0.305. The van der Waals surface area contributed by atoms with Crippen molar-refractivity contribution in [1.29, 1.82) is 0 Å². The van der Waals surface area contributed by atoms with Crippen LogP contribution in [0.3, 0.4) is 0 Å². The molecule has 26 heavy (non-hydrogen) atoms. The molecular formula is C20H21NO4S. The van der Waals surface area contributed by atoms with Gasteiger partial charge in [0.25, 0.3) is 0 Å². The van der Waals surface area contributed by atoms with Gasteiger partial charge in [0.05, 0.1) is 13.2 Å². The zero-order valence-corrected chi connectivity index (χ0v) is 16.1. The van der Waals surface area contributed by atoms with Crippen molar-refractivity contribution in [3.63, 3.8) is 0 Å². The van der Waals surface area contributed by atoms with Gasteiger partial charge < -0.3 is 9.47 Å². The third-order valence-corrected chi connectivity index (χ3v) is 5.49. The Hall–Kier alpha value is -2.60. The summed E-state index contributed by atoms with van der Waals surface area (Å²) < 4.78 is 12.3. The summed E-state index contributed by atoms with van der Waals surface area (Å²) in [4.78, 5) is 26.3. The van der Waals surface area contributed by atoms with Gasteiger partial charge in [0.2, 0.25) is 0 Å². The minimum Gasteiger partial charge on any atom is -0.462 e. The minimum atomic E-state index is -0.366. The van der Waals surface area contributed by atoms with Crippen LogP contribution in [-0.2, 0) is 9.47 Å². The molecule has 2 heterocycles. The first-order valence-corrected chi connectivity index (χ1v) is 9.36. The summed E-state index contributed by atoms with van der Waals surface area (Å²) in [5.74, 6) is -0.697. The van der Waals surface area contributed by atoms with Gasteiger partial charge in [-0.3, -0.25) is 4.57 Å². The molecule has 0 N–H and O–H groups in total. The van der Waals surface area contributed by atoms with E-state index in [1.54, 1.807) is 13.8 Å². The van der Waals surface area contributed by atoms with Crippen LogP contribution >= 0.6 is 11.3 Å². The Morgan fingerprint density at radius 2 is 1.58 bits per heavy atom. The van der Waals surface area contributed by atoms with Gasteiger partial charge in [-0.2, -0.15) is 0 Å². The van der Waals surface area contributed by atoms with Crippen LogP contribution in [0.5, 0.6) is 0 Å². The maximum atomic E-state index is 12.6. The number of ether oxygens (including phenoxy) is 2. The monoisotopic (exact) mass is 371 g/mol. The Kier molecular flexibility index (Phi) is 5.13. The summed E-state index contributed by atoms with van der Waals surface area (Å²) in [5, 5.41) is 0.907. The number of aryl methyl sites for hydroxylation is 2. The summed E-state index contributed by atoms with van der Waals surface area (Å²) >= 11 is 1.34. The average molecular weight is 371 g/mol. The molecule has 0 aliphatic heterocycles. The van der Waals surface area contributed by atoms with Crippen molar-refractivity contribution in [1.82, 2.24) is 4.57 Å². The van der Waals surface area contributed by atoms with Crippen LogP contribution in [-0.4, -0.2) is 29.7 Å². The Bertz CT molecular complexity index is 969. The summed E-state index contributed by atoms with van der Waals surface area (Å²) in [5.41, 5.74) is 3.00. The molecule has 0 saturated carbocycles. The molecule has 0 aliphatic carbocycles. The SMILES string of the molecule is CCOC(=O)c1sc2c(c1C)c(C)c(C(=O)OCC)n2-c1ccccc1. The number of esters is 2. The molecule has 1 aromatic carbocycles. The average Bonchev–Trinajstić information content (AvgIpc) is 3.11. The molecule has 0 unspecified atom stereocenters. The van der Waals surface area contributed by atoms with E-state index in [-0.39, 0.29) is 11.9 Å². The number of nitrogens with zero attached hydrogens (tertiary/aromatic N) is 1. The van der Waals surface area contributed by atoms with Crippen molar-refractivity contribution in [2.24, 2.45) is 0 Å². The van der Waals surface area contributed by atoms with Crippen LogP contribution in [0.15, 0.2) is 30.3 Å². The number of hydrogen-bond donors (Lipinski definition) is 0. The number of aromatic nitrogens is 1. The number of carbonyl (C=O) groups is 2. The van der Waals surface area contributed by atoms with Crippen molar-refractivity contribution in [3.8, 4) is 5.69 Å². The van der Waals surface area contributed by atoms with E-state index < -0.39 is 0 Å². The molecule has 0 atom stereocenters. The summed E-state index contributed by atoms with van der Waals surface area (Å²) in [7, 11) is 0.